The lowest BCUT2D eigenvalue weighted by Gasteiger charge is -2.34. The van der Waals surface area contributed by atoms with E-state index in [1.165, 1.54) is 12.1 Å². The molecule has 0 bridgehead atoms. The van der Waals surface area contributed by atoms with Gasteiger partial charge in [-0.05, 0) is 37.6 Å². The Labute approximate surface area is 184 Å². The number of carbonyl (C=O) groups excluding carboxylic acids is 1. The van der Waals surface area contributed by atoms with Gasteiger partial charge in [0.2, 0.25) is 0 Å². The molecule has 1 fully saturated rings. The van der Waals surface area contributed by atoms with Crippen LogP contribution in [-0.4, -0.2) is 61.4 Å². The molecule has 1 amide bonds. The quantitative estimate of drug-likeness (QED) is 0.604. The van der Waals surface area contributed by atoms with Gasteiger partial charge in [-0.3, -0.25) is 14.4 Å². The van der Waals surface area contributed by atoms with E-state index in [2.05, 4.69) is 15.1 Å². The minimum absolute atomic E-state index is 0.143. The van der Waals surface area contributed by atoms with Gasteiger partial charge in [0.1, 0.15) is 12.4 Å². The van der Waals surface area contributed by atoms with Crippen molar-refractivity contribution in [3.05, 3.63) is 70.8 Å². The Kier molecular flexibility index (Phi) is 6.05. The van der Waals surface area contributed by atoms with Crippen molar-refractivity contribution in [1.82, 2.24) is 29.4 Å². The van der Waals surface area contributed by atoms with Crippen LogP contribution in [0, 0.1) is 13.8 Å². The lowest BCUT2D eigenvalue weighted by Crippen LogP contribution is -2.48. The van der Waals surface area contributed by atoms with Gasteiger partial charge in [0.15, 0.2) is 0 Å². The summed E-state index contributed by atoms with van der Waals surface area (Å²) in [5.41, 5.74) is 2.29. The van der Waals surface area contributed by atoms with E-state index in [0.29, 0.717) is 50.6 Å². The first-order chi connectivity index (χ1) is 15.2. The molecule has 0 radical (unpaired) electrons. The summed E-state index contributed by atoms with van der Waals surface area (Å²) in [6, 6.07) is 9.07. The molecular formula is C22H25F3N6O. The Morgan fingerprint density at radius 3 is 2.44 bits per heavy atom. The first kappa shape index (κ1) is 22.1. The number of nitrogens with zero attached hydrogens (tertiary/aromatic N) is 6. The highest BCUT2D eigenvalue weighted by Crippen LogP contribution is 2.29. The molecule has 0 atom stereocenters. The number of hydrogen-bond donors (Lipinski definition) is 0. The van der Waals surface area contributed by atoms with Crippen LogP contribution in [0.4, 0.5) is 13.2 Å². The third-order valence-electron chi connectivity index (χ3n) is 5.56. The van der Waals surface area contributed by atoms with Gasteiger partial charge < -0.3 is 4.90 Å². The lowest BCUT2D eigenvalue weighted by molar-refractivity contribution is -0.137. The molecule has 10 heteroatoms. The van der Waals surface area contributed by atoms with Gasteiger partial charge in [0, 0.05) is 44.6 Å². The second-order valence-electron chi connectivity index (χ2n) is 8.07. The van der Waals surface area contributed by atoms with Crippen LogP contribution in [0.2, 0.25) is 0 Å². The third-order valence-corrected chi connectivity index (χ3v) is 5.56. The van der Waals surface area contributed by atoms with Crippen molar-refractivity contribution in [3.63, 3.8) is 0 Å². The Morgan fingerprint density at radius 2 is 1.78 bits per heavy atom. The number of hydrogen-bond acceptors (Lipinski definition) is 4. The minimum atomic E-state index is -4.35. The molecule has 0 N–H and O–H groups in total. The van der Waals surface area contributed by atoms with Gasteiger partial charge in [-0.2, -0.15) is 23.4 Å². The highest BCUT2D eigenvalue weighted by Gasteiger charge is 2.30. The van der Waals surface area contributed by atoms with Crippen LogP contribution in [0.25, 0.3) is 0 Å². The van der Waals surface area contributed by atoms with Crippen molar-refractivity contribution >= 4 is 5.91 Å². The summed E-state index contributed by atoms with van der Waals surface area (Å²) in [6.07, 6.45) is -2.59. The number of amides is 1. The van der Waals surface area contributed by atoms with E-state index in [1.807, 2.05) is 24.6 Å². The number of benzene rings is 1. The Hall–Kier alpha value is -3.14. The maximum absolute atomic E-state index is 12.9. The first-order valence-corrected chi connectivity index (χ1v) is 10.4. The molecular weight excluding hydrogens is 421 g/mol. The van der Waals surface area contributed by atoms with Gasteiger partial charge >= 0.3 is 6.18 Å². The van der Waals surface area contributed by atoms with E-state index < -0.39 is 11.7 Å². The molecule has 1 saturated heterocycles. The largest absolute Gasteiger partial charge is 0.416 e. The molecule has 3 heterocycles. The molecule has 7 nitrogen and oxygen atoms in total. The van der Waals surface area contributed by atoms with Gasteiger partial charge in [0.25, 0.3) is 5.91 Å². The van der Waals surface area contributed by atoms with Crippen molar-refractivity contribution in [3.8, 4) is 0 Å². The van der Waals surface area contributed by atoms with Crippen molar-refractivity contribution in [1.29, 1.82) is 0 Å². The van der Waals surface area contributed by atoms with Crippen molar-refractivity contribution in [2.24, 2.45) is 0 Å². The molecule has 32 heavy (non-hydrogen) atoms. The van der Waals surface area contributed by atoms with Crippen LogP contribution in [0.5, 0.6) is 0 Å². The Bertz CT molecular complexity index is 1100. The zero-order valence-corrected chi connectivity index (χ0v) is 18.0. The van der Waals surface area contributed by atoms with E-state index in [4.69, 9.17) is 0 Å². The number of aromatic nitrogens is 4. The summed E-state index contributed by atoms with van der Waals surface area (Å²) in [7, 11) is 0. The molecule has 1 aliphatic rings. The van der Waals surface area contributed by atoms with E-state index in [9.17, 15) is 18.0 Å². The highest BCUT2D eigenvalue weighted by molar-refractivity contribution is 5.92. The monoisotopic (exact) mass is 446 g/mol. The van der Waals surface area contributed by atoms with Crippen LogP contribution in [0.1, 0.15) is 33.0 Å². The lowest BCUT2D eigenvalue weighted by atomic mass is 10.1. The highest BCUT2D eigenvalue weighted by atomic mass is 19.4. The second-order valence-corrected chi connectivity index (χ2v) is 8.07. The molecule has 1 aromatic carbocycles. The Balaban J connectivity index is 1.32. The SMILES string of the molecule is Cc1cc(C)n(Cn2ccc(C(=O)N3CCN(Cc4cccc(C(F)(F)F)c4)CC3)n2)n1. The second kappa shape index (κ2) is 8.78. The summed E-state index contributed by atoms with van der Waals surface area (Å²) in [5.74, 6) is -0.143. The topological polar surface area (TPSA) is 59.2 Å². The van der Waals surface area contributed by atoms with Gasteiger partial charge in [-0.15, -0.1) is 0 Å². The molecule has 0 aliphatic carbocycles. The molecule has 0 saturated carbocycles. The average Bonchev–Trinajstić information content (AvgIpc) is 3.34. The minimum Gasteiger partial charge on any atom is -0.335 e. The van der Waals surface area contributed by atoms with E-state index in [0.717, 1.165) is 17.5 Å². The zero-order valence-electron chi connectivity index (χ0n) is 18.0. The molecule has 2 aromatic heterocycles. The molecule has 4 rings (SSSR count). The van der Waals surface area contributed by atoms with Crippen LogP contribution in [0.3, 0.4) is 0 Å². The van der Waals surface area contributed by atoms with Gasteiger partial charge in [-0.25, -0.2) is 4.68 Å². The zero-order chi connectivity index (χ0) is 22.9. The van der Waals surface area contributed by atoms with E-state index in [1.54, 1.807) is 27.9 Å². The van der Waals surface area contributed by atoms with E-state index >= 15 is 0 Å². The third kappa shape index (κ3) is 5.01. The van der Waals surface area contributed by atoms with Crippen molar-refractivity contribution in [2.45, 2.75) is 33.2 Å². The summed E-state index contributed by atoms with van der Waals surface area (Å²) in [4.78, 5) is 16.6. The van der Waals surface area contributed by atoms with Crippen LogP contribution >= 0.6 is 0 Å². The fraction of sp³-hybridized carbons (Fsp3) is 0.409. The number of alkyl halides is 3. The summed E-state index contributed by atoms with van der Waals surface area (Å²) >= 11 is 0. The number of aryl methyl sites for hydroxylation is 2. The maximum Gasteiger partial charge on any atom is 0.416 e. The van der Waals surface area contributed by atoms with Crippen LogP contribution in [-0.2, 0) is 19.4 Å². The predicted octanol–water partition coefficient (Wildman–Crippen LogP) is 3.18. The van der Waals surface area contributed by atoms with Crippen molar-refractivity contribution in [2.75, 3.05) is 26.2 Å². The average molecular weight is 446 g/mol. The first-order valence-electron chi connectivity index (χ1n) is 10.4. The number of halogens is 3. The van der Waals surface area contributed by atoms with Gasteiger partial charge in [-0.1, -0.05) is 18.2 Å². The maximum atomic E-state index is 12.9. The molecule has 1 aliphatic heterocycles. The standard InChI is InChI=1S/C22H25F3N6O/c1-16-12-17(2)31(26-16)15-30-7-6-20(27-30)21(32)29-10-8-28(9-11-29)14-18-4-3-5-19(13-18)22(23,24)25/h3-7,12-13H,8-11,14-15H2,1-2H3. The summed E-state index contributed by atoms with van der Waals surface area (Å²) in [5, 5.41) is 8.80. The number of rotatable bonds is 5. The Morgan fingerprint density at radius 1 is 1.03 bits per heavy atom. The van der Waals surface area contributed by atoms with Gasteiger partial charge in [0.05, 0.1) is 11.3 Å². The number of carbonyl (C=O) groups is 1. The van der Waals surface area contributed by atoms with Crippen LogP contribution in [0.15, 0.2) is 42.6 Å². The predicted molar refractivity (Wildman–Crippen MR) is 112 cm³/mol. The fourth-order valence-electron chi connectivity index (χ4n) is 3.89. The smallest absolute Gasteiger partial charge is 0.335 e. The normalized spacial score (nSPS) is 15.3. The molecule has 0 spiro atoms. The molecule has 3 aromatic rings. The molecule has 170 valence electrons. The molecule has 0 unspecified atom stereocenters. The van der Waals surface area contributed by atoms with E-state index in [-0.39, 0.29) is 5.91 Å². The van der Waals surface area contributed by atoms with Crippen LogP contribution < -0.4 is 0 Å². The number of piperazine rings is 1. The summed E-state index contributed by atoms with van der Waals surface area (Å²) < 4.78 is 42.3. The fourth-order valence-corrected chi connectivity index (χ4v) is 3.89. The van der Waals surface area contributed by atoms with Crippen molar-refractivity contribution < 1.29 is 18.0 Å². The summed E-state index contributed by atoms with van der Waals surface area (Å²) in [6.45, 7) is 6.93.